The smallest absolute Gasteiger partial charge is 0.273 e. The summed E-state index contributed by atoms with van der Waals surface area (Å²) in [4.78, 5) is 12.1. The van der Waals surface area contributed by atoms with Crippen LogP contribution in [-0.4, -0.2) is 11.1 Å². The summed E-state index contributed by atoms with van der Waals surface area (Å²) in [5.41, 5.74) is 1.44. The van der Waals surface area contributed by atoms with Gasteiger partial charge in [-0.3, -0.25) is 4.79 Å². The average Bonchev–Trinajstić information content (AvgIpc) is 3.17. The number of carbonyl (C=O) groups excluding carboxylic acids is 1. The van der Waals surface area contributed by atoms with Crippen LogP contribution in [0.25, 0.3) is 0 Å². The highest BCUT2D eigenvalue weighted by Gasteiger charge is 2.29. The van der Waals surface area contributed by atoms with Gasteiger partial charge in [-0.1, -0.05) is 35.5 Å². The first-order valence-electron chi connectivity index (χ1n) is 6.56. The minimum absolute atomic E-state index is 0.0465. The van der Waals surface area contributed by atoms with Crippen molar-refractivity contribution in [3.8, 4) is 0 Å². The lowest BCUT2D eigenvalue weighted by Crippen LogP contribution is -2.26. The van der Waals surface area contributed by atoms with Gasteiger partial charge in [-0.25, -0.2) is 0 Å². The van der Waals surface area contributed by atoms with Crippen molar-refractivity contribution in [2.75, 3.05) is 0 Å². The maximum atomic E-state index is 12.1. The van der Waals surface area contributed by atoms with Crippen LogP contribution in [0, 0.1) is 0 Å². The first-order chi connectivity index (χ1) is 9.24. The predicted molar refractivity (Wildman–Crippen MR) is 70.8 cm³/mol. The summed E-state index contributed by atoms with van der Waals surface area (Å²) in [5.74, 6) is 1.12. The van der Waals surface area contributed by atoms with Crippen molar-refractivity contribution in [2.24, 2.45) is 0 Å². The number of carbonyl (C=O) groups is 1. The highest BCUT2D eigenvalue weighted by Crippen LogP contribution is 2.40. The zero-order valence-electron chi connectivity index (χ0n) is 10.8. The molecule has 0 radical (unpaired) electrons. The number of aromatic nitrogens is 1. The van der Waals surface area contributed by atoms with Crippen LogP contribution in [0.1, 0.15) is 53.5 Å². The SMILES string of the molecule is C[C@@H](NC(=O)c1cc(C2CC2)on1)c1ccccc1. The van der Waals surface area contributed by atoms with Gasteiger partial charge in [-0.2, -0.15) is 0 Å². The Hall–Kier alpha value is -2.10. The van der Waals surface area contributed by atoms with E-state index in [1.54, 1.807) is 6.07 Å². The molecule has 1 aromatic carbocycles. The van der Waals surface area contributed by atoms with E-state index in [0.29, 0.717) is 11.6 Å². The quantitative estimate of drug-likeness (QED) is 0.914. The number of hydrogen-bond acceptors (Lipinski definition) is 3. The first-order valence-corrected chi connectivity index (χ1v) is 6.56. The van der Waals surface area contributed by atoms with Crippen molar-refractivity contribution in [3.63, 3.8) is 0 Å². The number of hydrogen-bond donors (Lipinski definition) is 1. The Morgan fingerprint density at radius 1 is 1.37 bits per heavy atom. The molecular formula is C15H16N2O2. The largest absolute Gasteiger partial charge is 0.360 e. The summed E-state index contributed by atoms with van der Waals surface area (Å²) in [6, 6.07) is 11.6. The highest BCUT2D eigenvalue weighted by molar-refractivity contribution is 5.92. The van der Waals surface area contributed by atoms with Gasteiger partial charge >= 0.3 is 0 Å². The van der Waals surface area contributed by atoms with Crippen molar-refractivity contribution in [2.45, 2.75) is 31.7 Å². The Morgan fingerprint density at radius 2 is 2.11 bits per heavy atom. The predicted octanol–water partition coefficient (Wildman–Crippen LogP) is 3.04. The molecule has 3 rings (SSSR count). The molecule has 98 valence electrons. The van der Waals surface area contributed by atoms with E-state index in [-0.39, 0.29) is 11.9 Å². The maximum absolute atomic E-state index is 12.1. The minimum atomic E-state index is -0.188. The van der Waals surface area contributed by atoms with Gasteiger partial charge in [0.15, 0.2) is 5.69 Å². The molecule has 1 saturated carbocycles. The number of amides is 1. The molecule has 1 heterocycles. The summed E-state index contributed by atoms with van der Waals surface area (Å²) < 4.78 is 5.19. The molecule has 1 aromatic heterocycles. The summed E-state index contributed by atoms with van der Waals surface area (Å²) in [6.45, 7) is 1.95. The van der Waals surface area contributed by atoms with Crippen LogP contribution >= 0.6 is 0 Å². The zero-order chi connectivity index (χ0) is 13.2. The van der Waals surface area contributed by atoms with Gasteiger partial charge in [0, 0.05) is 12.0 Å². The Labute approximate surface area is 111 Å². The van der Waals surface area contributed by atoms with E-state index in [4.69, 9.17) is 4.52 Å². The van der Waals surface area contributed by atoms with Crippen LogP contribution in [0.3, 0.4) is 0 Å². The second kappa shape index (κ2) is 4.88. The van der Waals surface area contributed by atoms with E-state index in [9.17, 15) is 4.79 Å². The van der Waals surface area contributed by atoms with Crippen molar-refractivity contribution < 1.29 is 9.32 Å². The molecule has 4 heteroatoms. The van der Waals surface area contributed by atoms with E-state index in [1.807, 2.05) is 37.3 Å². The first kappa shape index (κ1) is 12.0. The molecule has 4 nitrogen and oxygen atoms in total. The molecule has 0 saturated heterocycles. The minimum Gasteiger partial charge on any atom is -0.360 e. The van der Waals surface area contributed by atoms with Crippen molar-refractivity contribution in [1.29, 1.82) is 0 Å². The number of benzene rings is 1. The van der Waals surface area contributed by atoms with Gasteiger partial charge < -0.3 is 9.84 Å². The fraction of sp³-hybridized carbons (Fsp3) is 0.333. The third-order valence-electron chi connectivity index (χ3n) is 3.39. The lowest BCUT2D eigenvalue weighted by atomic mass is 10.1. The Balaban J connectivity index is 1.66. The van der Waals surface area contributed by atoms with E-state index in [2.05, 4.69) is 10.5 Å². The van der Waals surface area contributed by atoms with Crippen LogP contribution in [0.4, 0.5) is 0 Å². The summed E-state index contributed by atoms with van der Waals surface area (Å²) in [7, 11) is 0. The molecule has 0 unspecified atom stereocenters. The molecule has 1 atom stereocenters. The average molecular weight is 256 g/mol. The molecule has 1 fully saturated rings. The van der Waals surface area contributed by atoms with Gasteiger partial charge in [0.25, 0.3) is 5.91 Å². The molecule has 2 aromatic rings. The standard InChI is InChI=1S/C15H16N2O2/c1-10(11-5-3-2-4-6-11)16-15(18)13-9-14(19-17-13)12-7-8-12/h2-6,9-10,12H,7-8H2,1H3,(H,16,18)/t10-/m1/s1. The fourth-order valence-electron chi connectivity index (χ4n) is 2.05. The van der Waals surface area contributed by atoms with Crippen LogP contribution in [0.5, 0.6) is 0 Å². The van der Waals surface area contributed by atoms with E-state index < -0.39 is 0 Å². The molecule has 0 spiro atoms. The lowest BCUT2D eigenvalue weighted by molar-refractivity contribution is 0.0930. The number of nitrogens with one attached hydrogen (secondary N) is 1. The molecular weight excluding hydrogens is 240 g/mol. The second-order valence-electron chi connectivity index (χ2n) is 4.99. The van der Waals surface area contributed by atoms with Gasteiger partial charge in [0.05, 0.1) is 6.04 Å². The van der Waals surface area contributed by atoms with Crippen molar-refractivity contribution >= 4 is 5.91 Å². The number of rotatable bonds is 4. The normalized spacial score (nSPS) is 16.1. The van der Waals surface area contributed by atoms with Gasteiger partial charge in [-0.15, -0.1) is 0 Å². The fourth-order valence-corrected chi connectivity index (χ4v) is 2.05. The van der Waals surface area contributed by atoms with E-state index in [0.717, 1.165) is 24.2 Å². The molecule has 1 amide bonds. The van der Waals surface area contributed by atoms with Crippen LogP contribution in [-0.2, 0) is 0 Å². The summed E-state index contributed by atoms with van der Waals surface area (Å²) in [6.07, 6.45) is 2.27. The summed E-state index contributed by atoms with van der Waals surface area (Å²) >= 11 is 0. The topological polar surface area (TPSA) is 55.1 Å². The zero-order valence-corrected chi connectivity index (χ0v) is 10.8. The van der Waals surface area contributed by atoms with Gasteiger partial charge in [0.1, 0.15) is 5.76 Å². The lowest BCUT2D eigenvalue weighted by Gasteiger charge is -2.12. The third-order valence-corrected chi connectivity index (χ3v) is 3.39. The van der Waals surface area contributed by atoms with E-state index in [1.165, 1.54) is 0 Å². The molecule has 0 aliphatic heterocycles. The van der Waals surface area contributed by atoms with Crippen molar-refractivity contribution in [3.05, 3.63) is 53.4 Å². The van der Waals surface area contributed by atoms with Crippen LogP contribution in [0.15, 0.2) is 40.9 Å². The molecule has 19 heavy (non-hydrogen) atoms. The Kier molecular flexibility index (Phi) is 3.07. The number of nitrogens with zero attached hydrogens (tertiary/aromatic N) is 1. The molecule has 1 aliphatic rings. The molecule has 1 aliphatic carbocycles. The monoisotopic (exact) mass is 256 g/mol. The third kappa shape index (κ3) is 2.67. The van der Waals surface area contributed by atoms with Crippen LogP contribution in [0.2, 0.25) is 0 Å². The molecule has 0 bridgehead atoms. The van der Waals surface area contributed by atoms with Gasteiger partial charge in [0.2, 0.25) is 0 Å². The Bertz CT molecular complexity index is 573. The van der Waals surface area contributed by atoms with Crippen LogP contribution < -0.4 is 5.32 Å². The molecule has 1 N–H and O–H groups in total. The van der Waals surface area contributed by atoms with Gasteiger partial charge in [-0.05, 0) is 25.3 Å². The van der Waals surface area contributed by atoms with Crippen molar-refractivity contribution in [1.82, 2.24) is 10.5 Å². The Morgan fingerprint density at radius 3 is 2.79 bits per heavy atom. The highest BCUT2D eigenvalue weighted by atomic mass is 16.5. The summed E-state index contributed by atoms with van der Waals surface area (Å²) in [5, 5.41) is 6.76. The second-order valence-corrected chi connectivity index (χ2v) is 4.99. The maximum Gasteiger partial charge on any atom is 0.273 e. The van der Waals surface area contributed by atoms with E-state index >= 15 is 0 Å².